The lowest BCUT2D eigenvalue weighted by Gasteiger charge is -2.23. The molecule has 0 aliphatic rings. The van der Waals surface area contributed by atoms with Crippen LogP contribution in [0.1, 0.15) is 30.0 Å². The maximum Gasteiger partial charge on any atom is 0.223 e. The Morgan fingerprint density at radius 1 is 1.22 bits per heavy atom. The zero-order valence-corrected chi connectivity index (χ0v) is 13.8. The van der Waals surface area contributed by atoms with Gasteiger partial charge in [0.2, 0.25) is 5.91 Å². The number of methoxy groups -OCH3 is 1. The summed E-state index contributed by atoms with van der Waals surface area (Å²) in [4.78, 5) is 12.1. The van der Waals surface area contributed by atoms with Crippen LogP contribution in [0.4, 0.5) is 0 Å². The monoisotopic (exact) mass is 313 g/mol. The highest BCUT2D eigenvalue weighted by Gasteiger charge is 2.26. The lowest BCUT2D eigenvalue weighted by Crippen LogP contribution is -2.32. The van der Waals surface area contributed by atoms with Gasteiger partial charge in [-0.25, -0.2) is 0 Å². The van der Waals surface area contributed by atoms with Crippen LogP contribution in [0, 0.1) is 6.92 Å². The standard InChI is InChI=1S/C19H23NO3/c1-14-11-15(9-10-17(14)23-3)13-20-18(21)12-19(2,22)16-7-5-4-6-8-16/h4-11,22H,12-13H2,1-3H3,(H,20,21). The predicted molar refractivity (Wildman–Crippen MR) is 90.2 cm³/mol. The number of nitrogens with one attached hydrogen (secondary N) is 1. The number of aliphatic hydroxyl groups is 1. The lowest BCUT2D eigenvalue weighted by molar-refractivity contribution is -0.126. The highest BCUT2D eigenvalue weighted by molar-refractivity contribution is 5.77. The zero-order chi connectivity index (χ0) is 16.9. The minimum absolute atomic E-state index is 0.0200. The van der Waals surface area contributed by atoms with Gasteiger partial charge in [0, 0.05) is 6.54 Å². The van der Waals surface area contributed by atoms with Gasteiger partial charge in [-0.2, -0.15) is 0 Å². The number of aryl methyl sites for hydroxylation is 1. The number of rotatable bonds is 6. The molecule has 0 bridgehead atoms. The molecule has 4 heteroatoms. The van der Waals surface area contributed by atoms with E-state index in [1.165, 1.54) is 0 Å². The molecule has 0 aliphatic carbocycles. The van der Waals surface area contributed by atoms with Gasteiger partial charge in [-0.3, -0.25) is 4.79 Å². The number of hydrogen-bond donors (Lipinski definition) is 2. The van der Waals surface area contributed by atoms with Crippen molar-refractivity contribution in [2.45, 2.75) is 32.4 Å². The van der Waals surface area contributed by atoms with E-state index in [4.69, 9.17) is 4.74 Å². The minimum atomic E-state index is -1.18. The van der Waals surface area contributed by atoms with E-state index in [2.05, 4.69) is 5.32 Å². The third-order valence-corrected chi connectivity index (χ3v) is 3.85. The average Bonchev–Trinajstić information content (AvgIpc) is 2.53. The Hall–Kier alpha value is -2.33. The summed E-state index contributed by atoms with van der Waals surface area (Å²) < 4.78 is 5.22. The molecule has 0 radical (unpaired) electrons. The first-order chi connectivity index (χ1) is 10.9. The second kappa shape index (κ2) is 7.29. The Morgan fingerprint density at radius 2 is 1.91 bits per heavy atom. The molecule has 0 fully saturated rings. The molecule has 0 aliphatic heterocycles. The Balaban J connectivity index is 1.94. The summed E-state index contributed by atoms with van der Waals surface area (Å²) in [7, 11) is 1.63. The highest BCUT2D eigenvalue weighted by Crippen LogP contribution is 2.24. The quantitative estimate of drug-likeness (QED) is 0.862. The van der Waals surface area contributed by atoms with Crippen molar-refractivity contribution in [2.24, 2.45) is 0 Å². The fourth-order valence-corrected chi connectivity index (χ4v) is 2.53. The molecular weight excluding hydrogens is 290 g/mol. The third kappa shape index (κ3) is 4.57. The van der Waals surface area contributed by atoms with Gasteiger partial charge in [0.25, 0.3) is 0 Å². The maximum atomic E-state index is 12.1. The van der Waals surface area contributed by atoms with E-state index in [-0.39, 0.29) is 12.3 Å². The van der Waals surface area contributed by atoms with Gasteiger partial charge in [-0.15, -0.1) is 0 Å². The molecule has 0 aromatic heterocycles. The molecule has 1 unspecified atom stereocenters. The first-order valence-electron chi connectivity index (χ1n) is 7.60. The van der Waals surface area contributed by atoms with Crippen molar-refractivity contribution in [1.82, 2.24) is 5.32 Å². The van der Waals surface area contributed by atoms with E-state index >= 15 is 0 Å². The van der Waals surface area contributed by atoms with Crippen LogP contribution in [0.2, 0.25) is 0 Å². The van der Waals surface area contributed by atoms with Crippen LogP contribution in [-0.4, -0.2) is 18.1 Å². The number of ether oxygens (including phenoxy) is 1. The predicted octanol–water partition coefficient (Wildman–Crippen LogP) is 2.92. The van der Waals surface area contributed by atoms with Gasteiger partial charge >= 0.3 is 0 Å². The average molecular weight is 313 g/mol. The van der Waals surface area contributed by atoms with Gasteiger partial charge in [-0.05, 0) is 36.6 Å². The number of hydrogen-bond acceptors (Lipinski definition) is 3. The molecule has 2 aromatic carbocycles. The molecule has 2 aromatic rings. The highest BCUT2D eigenvalue weighted by atomic mass is 16.5. The first-order valence-corrected chi connectivity index (χ1v) is 7.60. The van der Waals surface area contributed by atoms with Crippen molar-refractivity contribution in [3.63, 3.8) is 0 Å². The van der Waals surface area contributed by atoms with Crippen LogP contribution in [0.3, 0.4) is 0 Å². The topological polar surface area (TPSA) is 58.6 Å². The summed E-state index contributed by atoms with van der Waals surface area (Å²) in [6.45, 7) is 4.04. The van der Waals surface area contributed by atoms with Crippen molar-refractivity contribution in [1.29, 1.82) is 0 Å². The molecule has 0 heterocycles. The van der Waals surface area contributed by atoms with Gasteiger partial charge in [0.05, 0.1) is 19.1 Å². The zero-order valence-electron chi connectivity index (χ0n) is 13.8. The van der Waals surface area contributed by atoms with Crippen LogP contribution in [-0.2, 0) is 16.9 Å². The normalized spacial score (nSPS) is 13.2. The smallest absolute Gasteiger partial charge is 0.223 e. The summed E-state index contributed by atoms with van der Waals surface area (Å²) in [6, 6.07) is 15.0. The Kier molecular flexibility index (Phi) is 5.40. The molecule has 0 saturated carbocycles. The maximum absolute atomic E-state index is 12.1. The molecular formula is C19H23NO3. The fraction of sp³-hybridized carbons (Fsp3) is 0.316. The number of benzene rings is 2. The van der Waals surface area contributed by atoms with Crippen LogP contribution in [0.25, 0.3) is 0 Å². The molecule has 1 atom stereocenters. The molecule has 122 valence electrons. The molecule has 0 spiro atoms. The second-order valence-corrected chi connectivity index (χ2v) is 5.90. The van der Waals surface area contributed by atoms with Crippen molar-refractivity contribution in [2.75, 3.05) is 7.11 Å². The summed E-state index contributed by atoms with van der Waals surface area (Å²) in [5.74, 6) is 0.638. The van der Waals surface area contributed by atoms with E-state index in [9.17, 15) is 9.90 Å². The van der Waals surface area contributed by atoms with E-state index in [0.717, 1.165) is 22.4 Å². The summed E-state index contributed by atoms with van der Waals surface area (Å²) >= 11 is 0. The first kappa shape index (κ1) is 17.0. The third-order valence-electron chi connectivity index (χ3n) is 3.85. The largest absolute Gasteiger partial charge is 0.496 e. The van der Waals surface area contributed by atoms with Crippen LogP contribution in [0.5, 0.6) is 5.75 Å². The Bertz CT molecular complexity index is 666. The van der Waals surface area contributed by atoms with E-state index in [1.54, 1.807) is 14.0 Å². The summed E-state index contributed by atoms with van der Waals surface area (Å²) in [5.41, 5.74) is 1.57. The molecule has 0 saturated heterocycles. The number of carbonyl (C=O) groups excluding carboxylic acids is 1. The van der Waals surface area contributed by atoms with Gasteiger partial charge in [0.15, 0.2) is 0 Å². The van der Waals surface area contributed by atoms with Gasteiger partial charge in [0.1, 0.15) is 5.75 Å². The Labute approximate surface area is 137 Å². The van der Waals surface area contributed by atoms with Crippen molar-refractivity contribution in [3.05, 3.63) is 65.2 Å². The molecule has 1 amide bonds. The molecule has 2 N–H and O–H groups in total. The number of amides is 1. The van der Waals surface area contributed by atoms with Crippen molar-refractivity contribution >= 4 is 5.91 Å². The van der Waals surface area contributed by atoms with Crippen LogP contribution in [0.15, 0.2) is 48.5 Å². The van der Waals surface area contributed by atoms with E-state index in [1.807, 2.05) is 55.5 Å². The second-order valence-electron chi connectivity index (χ2n) is 5.90. The Morgan fingerprint density at radius 3 is 2.52 bits per heavy atom. The number of carbonyl (C=O) groups is 1. The van der Waals surface area contributed by atoms with E-state index < -0.39 is 5.60 Å². The summed E-state index contributed by atoms with van der Waals surface area (Å²) in [6.07, 6.45) is 0.0200. The minimum Gasteiger partial charge on any atom is -0.496 e. The van der Waals surface area contributed by atoms with E-state index in [0.29, 0.717) is 6.54 Å². The van der Waals surface area contributed by atoms with Gasteiger partial charge in [-0.1, -0.05) is 42.5 Å². The molecule has 23 heavy (non-hydrogen) atoms. The van der Waals surface area contributed by atoms with Crippen LogP contribution >= 0.6 is 0 Å². The lowest BCUT2D eigenvalue weighted by atomic mass is 9.92. The fourth-order valence-electron chi connectivity index (χ4n) is 2.53. The van der Waals surface area contributed by atoms with Gasteiger partial charge < -0.3 is 15.2 Å². The molecule has 4 nitrogen and oxygen atoms in total. The SMILES string of the molecule is COc1ccc(CNC(=O)CC(C)(O)c2ccccc2)cc1C. The molecule has 2 rings (SSSR count). The summed E-state index contributed by atoms with van der Waals surface area (Å²) in [5, 5.41) is 13.3. The van der Waals surface area contributed by atoms with Crippen molar-refractivity contribution < 1.29 is 14.6 Å². The van der Waals surface area contributed by atoms with Crippen LogP contribution < -0.4 is 10.1 Å². The van der Waals surface area contributed by atoms with Crippen molar-refractivity contribution in [3.8, 4) is 5.75 Å².